The first-order valence-corrected chi connectivity index (χ1v) is 5.78. The van der Waals surface area contributed by atoms with E-state index in [2.05, 4.69) is 5.32 Å². The van der Waals surface area contributed by atoms with E-state index >= 15 is 0 Å². The minimum absolute atomic E-state index is 0.272. The summed E-state index contributed by atoms with van der Waals surface area (Å²) in [5.41, 5.74) is 0.785. The van der Waals surface area contributed by atoms with Crippen LogP contribution in [0.2, 0.25) is 0 Å². The quantitative estimate of drug-likeness (QED) is 0.896. The molecule has 1 heterocycles. The Labute approximate surface area is 111 Å². The summed E-state index contributed by atoms with van der Waals surface area (Å²) in [7, 11) is 3.15. The summed E-state index contributed by atoms with van der Waals surface area (Å²) in [5.74, 6) is 1.32. The van der Waals surface area contributed by atoms with Crippen LogP contribution in [-0.2, 0) is 6.54 Å². The van der Waals surface area contributed by atoms with E-state index in [0.29, 0.717) is 18.0 Å². The van der Waals surface area contributed by atoms with Crippen molar-refractivity contribution in [2.24, 2.45) is 0 Å². The van der Waals surface area contributed by atoms with Crippen LogP contribution >= 0.6 is 0 Å². The third kappa shape index (κ3) is 2.88. The lowest BCUT2D eigenvalue weighted by Gasteiger charge is -2.13. The Hall–Kier alpha value is -2.43. The zero-order chi connectivity index (χ0) is 13.7. The Bertz CT molecular complexity index is 526. The molecule has 0 fully saturated rings. The van der Waals surface area contributed by atoms with Crippen molar-refractivity contribution in [1.82, 2.24) is 5.32 Å². The average Bonchev–Trinajstić information content (AvgIpc) is 2.98. The topological polar surface area (TPSA) is 60.7 Å². The van der Waals surface area contributed by atoms with Crippen molar-refractivity contribution in [3.8, 4) is 11.5 Å². The molecule has 1 aromatic heterocycles. The number of benzene rings is 1. The molecule has 1 aromatic carbocycles. The van der Waals surface area contributed by atoms with E-state index in [-0.39, 0.29) is 11.7 Å². The van der Waals surface area contributed by atoms with Crippen LogP contribution in [0.1, 0.15) is 16.1 Å². The lowest BCUT2D eigenvalue weighted by atomic mass is 10.1. The molecule has 2 aromatic rings. The Kier molecular flexibility index (Phi) is 4.07. The minimum atomic E-state index is -0.280. The molecule has 0 bridgehead atoms. The number of carbonyl (C=O) groups is 1. The van der Waals surface area contributed by atoms with Gasteiger partial charge >= 0.3 is 0 Å². The summed E-state index contributed by atoms with van der Waals surface area (Å²) in [6.07, 6.45) is 1.46. The molecule has 0 aliphatic rings. The molecule has 19 heavy (non-hydrogen) atoms. The van der Waals surface area contributed by atoms with Gasteiger partial charge < -0.3 is 19.2 Å². The summed E-state index contributed by atoms with van der Waals surface area (Å²) in [5, 5.41) is 2.76. The molecule has 0 saturated carbocycles. The number of rotatable bonds is 5. The van der Waals surface area contributed by atoms with E-state index < -0.39 is 0 Å². The smallest absolute Gasteiger partial charge is 0.287 e. The predicted molar refractivity (Wildman–Crippen MR) is 69.4 cm³/mol. The van der Waals surface area contributed by atoms with Gasteiger partial charge in [0.15, 0.2) is 5.76 Å². The van der Waals surface area contributed by atoms with Gasteiger partial charge in [-0.2, -0.15) is 0 Å². The minimum Gasteiger partial charge on any atom is -0.496 e. The zero-order valence-corrected chi connectivity index (χ0v) is 10.8. The van der Waals surface area contributed by atoms with Crippen molar-refractivity contribution >= 4 is 5.91 Å². The largest absolute Gasteiger partial charge is 0.496 e. The van der Waals surface area contributed by atoms with Crippen molar-refractivity contribution in [2.75, 3.05) is 14.2 Å². The second-order valence-corrected chi connectivity index (χ2v) is 3.80. The Morgan fingerprint density at radius 1 is 1.16 bits per heavy atom. The van der Waals surface area contributed by atoms with Crippen LogP contribution in [0.5, 0.6) is 11.5 Å². The van der Waals surface area contributed by atoms with Crippen LogP contribution in [0.4, 0.5) is 0 Å². The van der Waals surface area contributed by atoms with Crippen LogP contribution in [0.3, 0.4) is 0 Å². The number of amides is 1. The highest BCUT2D eigenvalue weighted by Crippen LogP contribution is 2.27. The van der Waals surface area contributed by atoms with Gasteiger partial charge in [0.2, 0.25) is 0 Å². The number of ether oxygens (including phenoxy) is 2. The van der Waals surface area contributed by atoms with E-state index in [9.17, 15) is 4.79 Å². The molecule has 0 aliphatic carbocycles. The second-order valence-electron chi connectivity index (χ2n) is 3.80. The predicted octanol–water partition coefficient (Wildman–Crippen LogP) is 2.23. The number of furan rings is 1. The Morgan fingerprint density at radius 3 is 2.37 bits per heavy atom. The number of methoxy groups -OCH3 is 2. The standard InChI is InChI=1S/C14H15NO4/c1-17-11-5-3-6-12(18-2)10(11)9-15-14(16)13-7-4-8-19-13/h3-8H,9H2,1-2H3,(H,15,16). The maximum Gasteiger partial charge on any atom is 0.287 e. The van der Waals surface area contributed by atoms with Gasteiger partial charge in [0.25, 0.3) is 5.91 Å². The maximum atomic E-state index is 11.8. The van der Waals surface area contributed by atoms with Crippen LogP contribution in [0.25, 0.3) is 0 Å². The van der Waals surface area contributed by atoms with Crippen molar-refractivity contribution < 1.29 is 18.7 Å². The Morgan fingerprint density at radius 2 is 1.84 bits per heavy atom. The third-order valence-electron chi connectivity index (χ3n) is 2.70. The number of hydrogen-bond donors (Lipinski definition) is 1. The van der Waals surface area contributed by atoms with E-state index in [1.54, 1.807) is 26.4 Å². The number of nitrogens with one attached hydrogen (secondary N) is 1. The SMILES string of the molecule is COc1cccc(OC)c1CNC(=O)c1ccco1. The van der Waals surface area contributed by atoms with Gasteiger partial charge in [0, 0.05) is 0 Å². The van der Waals surface area contributed by atoms with E-state index in [0.717, 1.165) is 5.56 Å². The molecule has 1 N–H and O–H groups in total. The monoisotopic (exact) mass is 261 g/mol. The molecule has 0 atom stereocenters. The van der Waals surface area contributed by atoms with Gasteiger partial charge in [-0.25, -0.2) is 0 Å². The summed E-state index contributed by atoms with van der Waals surface area (Å²) in [4.78, 5) is 11.8. The molecule has 0 aliphatic heterocycles. The molecule has 0 unspecified atom stereocenters. The fourth-order valence-electron chi connectivity index (χ4n) is 1.77. The van der Waals surface area contributed by atoms with Crippen molar-refractivity contribution in [3.63, 3.8) is 0 Å². The van der Waals surface area contributed by atoms with Gasteiger partial charge in [-0.3, -0.25) is 4.79 Å². The molecule has 0 saturated heterocycles. The van der Waals surface area contributed by atoms with Crippen molar-refractivity contribution in [2.45, 2.75) is 6.54 Å². The normalized spacial score (nSPS) is 10.0. The van der Waals surface area contributed by atoms with Crippen LogP contribution in [-0.4, -0.2) is 20.1 Å². The third-order valence-corrected chi connectivity index (χ3v) is 2.70. The zero-order valence-electron chi connectivity index (χ0n) is 10.8. The highest BCUT2D eigenvalue weighted by molar-refractivity contribution is 5.91. The van der Waals surface area contributed by atoms with Crippen LogP contribution in [0, 0.1) is 0 Å². The first kappa shape index (κ1) is 13.0. The summed E-state index contributed by atoms with van der Waals surface area (Å²) in [6.45, 7) is 0.298. The molecule has 2 rings (SSSR count). The van der Waals surface area contributed by atoms with Crippen LogP contribution in [0.15, 0.2) is 41.0 Å². The van der Waals surface area contributed by atoms with Gasteiger partial charge in [-0.15, -0.1) is 0 Å². The lowest BCUT2D eigenvalue weighted by Crippen LogP contribution is -2.22. The van der Waals surface area contributed by atoms with E-state index in [4.69, 9.17) is 13.9 Å². The maximum absolute atomic E-state index is 11.8. The highest BCUT2D eigenvalue weighted by atomic mass is 16.5. The van der Waals surface area contributed by atoms with Gasteiger partial charge in [0.05, 0.1) is 32.6 Å². The molecule has 5 nitrogen and oxygen atoms in total. The molecule has 0 spiro atoms. The fraction of sp³-hybridized carbons (Fsp3) is 0.214. The summed E-state index contributed by atoms with van der Waals surface area (Å²) in [6, 6.07) is 8.73. The fourth-order valence-corrected chi connectivity index (χ4v) is 1.77. The molecule has 0 radical (unpaired) electrons. The number of hydrogen-bond acceptors (Lipinski definition) is 4. The van der Waals surface area contributed by atoms with Crippen molar-refractivity contribution in [3.05, 3.63) is 47.9 Å². The first-order chi connectivity index (χ1) is 9.26. The summed E-state index contributed by atoms with van der Waals surface area (Å²) >= 11 is 0. The Balaban J connectivity index is 2.12. The first-order valence-electron chi connectivity index (χ1n) is 5.78. The van der Waals surface area contributed by atoms with Gasteiger partial charge in [-0.05, 0) is 24.3 Å². The van der Waals surface area contributed by atoms with Gasteiger partial charge in [0.1, 0.15) is 11.5 Å². The highest BCUT2D eigenvalue weighted by Gasteiger charge is 2.13. The molecular formula is C14H15NO4. The molecule has 1 amide bonds. The number of carbonyl (C=O) groups excluding carboxylic acids is 1. The molecule has 100 valence electrons. The van der Waals surface area contributed by atoms with Gasteiger partial charge in [-0.1, -0.05) is 6.07 Å². The molecular weight excluding hydrogens is 246 g/mol. The van der Waals surface area contributed by atoms with E-state index in [1.807, 2.05) is 18.2 Å². The average molecular weight is 261 g/mol. The second kappa shape index (κ2) is 5.95. The molecule has 5 heteroatoms. The lowest BCUT2D eigenvalue weighted by molar-refractivity contribution is 0.0922. The van der Waals surface area contributed by atoms with Crippen LogP contribution < -0.4 is 14.8 Å². The van der Waals surface area contributed by atoms with E-state index in [1.165, 1.54) is 6.26 Å². The van der Waals surface area contributed by atoms with Crippen molar-refractivity contribution in [1.29, 1.82) is 0 Å². The summed E-state index contributed by atoms with van der Waals surface area (Å²) < 4.78 is 15.5.